The van der Waals surface area contributed by atoms with Crippen LogP contribution >= 0.6 is 11.6 Å². The second-order valence-corrected chi connectivity index (χ2v) is 9.87. The number of likely N-dealkylation sites (tertiary alicyclic amines) is 1. The van der Waals surface area contributed by atoms with Gasteiger partial charge in [-0.2, -0.15) is 0 Å². The first-order valence-electron chi connectivity index (χ1n) is 12.3. The molecule has 198 valence electrons. The van der Waals surface area contributed by atoms with Crippen molar-refractivity contribution in [3.8, 4) is 5.69 Å². The lowest BCUT2D eigenvalue weighted by Crippen LogP contribution is -2.45. The summed E-state index contributed by atoms with van der Waals surface area (Å²) in [4.78, 5) is 44.5. The van der Waals surface area contributed by atoms with E-state index in [2.05, 4.69) is 15.6 Å². The molecule has 3 N–H and O–H groups in total. The number of aromatic nitrogens is 2. The van der Waals surface area contributed by atoms with E-state index < -0.39 is 23.6 Å². The minimum atomic E-state index is -1.43. The third-order valence-electron chi connectivity index (χ3n) is 6.74. The number of hydrogen-bond acceptors (Lipinski definition) is 5. The first kappa shape index (κ1) is 26.1. The molecule has 2 aromatic carbocycles. The number of nitrogens with one attached hydrogen (secondary N) is 2. The summed E-state index contributed by atoms with van der Waals surface area (Å²) in [5, 5.41) is 17.7. The van der Waals surface area contributed by atoms with Crippen LogP contribution < -0.4 is 16.2 Å². The maximum atomic E-state index is 13.5. The maximum Gasteiger partial charge on any atom is 0.322 e. The Morgan fingerprint density at radius 3 is 2.44 bits per heavy atom. The van der Waals surface area contributed by atoms with Gasteiger partial charge in [0.05, 0.1) is 18.4 Å². The molecule has 10 heteroatoms. The van der Waals surface area contributed by atoms with Gasteiger partial charge in [0.2, 0.25) is 5.91 Å². The Labute approximate surface area is 229 Å². The summed E-state index contributed by atoms with van der Waals surface area (Å²) < 4.78 is 1.43. The topological polar surface area (TPSA) is 117 Å². The van der Waals surface area contributed by atoms with Gasteiger partial charge >= 0.3 is 6.03 Å². The van der Waals surface area contributed by atoms with E-state index in [1.807, 2.05) is 25.1 Å². The van der Waals surface area contributed by atoms with Gasteiger partial charge in [-0.05, 0) is 60.5 Å². The number of nitrogens with zero attached hydrogens (tertiary/aromatic N) is 3. The van der Waals surface area contributed by atoms with Crippen LogP contribution in [0.2, 0.25) is 5.02 Å². The second kappa shape index (κ2) is 10.7. The van der Waals surface area contributed by atoms with Gasteiger partial charge in [0.25, 0.3) is 5.56 Å². The zero-order valence-corrected chi connectivity index (χ0v) is 21.8. The highest BCUT2D eigenvalue weighted by Crippen LogP contribution is 2.38. The van der Waals surface area contributed by atoms with Crippen LogP contribution in [0.5, 0.6) is 0 Å². The smallest absolute Gasteiger partial charge is 0.322 e. The predicted molar refractivity (Wildman–Crippen MR) is 149 cm³/mol. The van der Waals surface area contributed by atoms with Crippen LogP contribution in [0.4, 0.5) is 16.3 Å². The zero-order chi connectivity index (χ0) is 27.6. The second-order valence-electron chi connectivity index (χ2n) is 9.43. The fourth-order valence-corrected chi connectivity index (χ4v) is 4.93. The van der Waals surface area contributed by atoms with Gasteiger partial charge in [-0.1, -0.05) is 41.9 Å². The molecule has 1 aliphatic rings. The molecule has 1 saturated heterocycles. The third-order valence-corrected chi connectivity index (χ3v) is 7.00. The van der Waals surface area contributed by atoms with Crippen LogP contribution in [0, 0.1) is 6.92 Å². The first-order valence-corrected chi connectivity index (χ1v) is 12.7. The summed E-state index contributed by atoms with van der Waals surface area (Å²) in [6, 6.07) is 20.5. The van der Waals surface area contributed by atoms with Crippen LogP contribution in [0.15, 0.2) is 96.1 Å². The SMILES string of the molecule is Cc1ccccc1[C@@]1(O)C[C@H](C(=O)Nc2ccc(-n3ccccc3=O)cn2)N(C(=O)Nc2ccc(Cl)cc2)C1. The monoisotopic (exact) mass is 543 g/mol. The van der Waals surface area contributed by atoms with Gasteiger partial charge in [-0.3, -0.25) is 14.2 Å². The van der Waals surface area contributed by atoms with E-state index in [-0.39, 0.29) is 24.3 Å². The number of urea groups is 1. The van der Waals surface area contributed by atoms with Crippen molar-refractivity contribution in [2.24, 2.45) is 0 Å². The van der Waals surface area contributed by atoms with Crippen LogP contribution in [-0.2, 0) is 10.4 Å². The van der Waals surface area contributed by atoms with Crippen LogP contribution in [0.25, 0.3) is 5.69 Å². The van der Waals surface area contributed by atoms with Crippen molar-refractivity contribution in [3.05, 3.63) is 118 Å². The summed E-state index contributed by atoms with van der Waals surface area (Å²) in [5.41, 5.74) is 0.907. The standard InChI is InChI=1S/C29H26ClN5O4/c1-19-6-2-3-7-23(19)29(39)16-24(35(18-29)28(38)32-21-11-9-20(30)10-12-21)27(37)33-25-14-13-22(17-31-25)34-15-5-4-8-26(34)36/h2-15,17,24,39H,16,18H2,1H3,(H,32,38)(H,31,33,37)/t24-,29-/m1/s1. The summed E-state index contributed by atoms with van der Waals surface area (Å²) >= 11 is 5.96. The van der Waals surface area contributed by atoms with E-state index in [0.717, 1.165) is 5.56 Å². The summed E-state index contributed by atoms with van der Waals surface area (Å²) in [5.74, 6) is -0.250. The van der Waals surface area contributed by atoms with Crippen LogP contribution in [-0.4, -0.2) is 44.1 Å². The summed E-state index contributed by atoms with van der Waals surface area (Å²) in [7, 11) is 0. The fraction of sp³-hybridized carbons (Fsp3) is 0.172. The number of carbonyl (C=O) groups excluding carboxylic acids is 2. The number of halogens is 1. The molecule has 3 amide bonds. The average Bonchev–Trinajstić information content (AvgIpc) is 3.30. The van der Waals surface area contributed by atoms with Gasteiger partial charge in [-0.15, -0.1) is 0 Å². The molecule has 1 aliphatic heterocycles. The van der Waals surface area contributed by atoms with Gasteiger partial charge in [0.1, 0.15) is 17.5 Å². The van der Waals surface area contributed by atoms with E-state index >= 15 is 0 Å². The third kappa shape index (κ3) is 5.55. The number of pyridine rings is 2. The van der Waals surface area contributed by atoms with Crippen molar-refractivity contribution in [2.75, 3.05) is 17.2 Å². The van der Waals surface area contributed by atoms with Crippen molar-refractivity contribution in [1.82, 2.24) is 14.5 Å². The van der Waals surface area contributed by atoms with E-state index in [1.54, 1.807) is 60.8 Å². The number of aliphatic hydroxyl groups is 1. The van der Waals surface area contributed by atoms with Crippen LogP contribution in [0.3, 0.4) is 0 Å². The normalized spacial score (nSPS) is 18.5. The number of aryl methyl sites for hydroxylation is 1. The Hall–Kier alpha value is -4.47. The molecule has 0 saturated carbocycles. The summed E-state index contributed by atoms with van der Waals surface area (Å²) in [6.45, 7) is 1.79. The molecule has 2 atom stereocenters. The van der Waals surface area contributed by atoms with E-state index in [1.165, 1.54) is 21.7 Å². The van der Waals surface area contributed by atoms with Gasteiger partial charge in [0.15, 0.2) is 0 Å². The Kier molecular flexibility index (Phi) is 7.19. The lowest BCUT2D eigenvalue weighted by molar-refractivity contribution is -0.119. The molecular formula is C29H26ClN5O4. The van der Waals surface area contributed by atoms with Gasteiger partial charge in [0, 0.05) is 29.4 Å². The fourth-order valence-electron chi connectivity index (χ4n) is 4.81. The molecule has 3 heterocycles. The molecule has 9 nitrogen and oxygen atoms in total. The number of benzene rings is 2. The lowest BCUT2D eigenvalue weighted by atomic mass is 9.88. The van der Waals surface area contributed by atoms with E-state index in [4.69, 9.17) is 11.6 Å². The number of carbonyl (C=O) groups is 2. The Balaban J connectivity index is 1.39. The molecule has 0 radical (unpaired) electrons. The number of amides is 3. The predicted octanol–water partition coefficient (Wildman–Crippen LogP) is 4.33. The molecule has 0 aliphatic carbocycles. The van der Waals surface area contributed by atoms with Crippen molar-refractivity contribution >= 4 is 35.0 Å². The van der Waals surface area contributed by atoms with Crippen molar-refractivity contribution in [1.29, 1.82) is 0 Å². The lowest BCUT2D eigenvalue weighted by Gasteiger charge is -2.26. The van der Waals surface area contributed by atoms with Gasteiger partial charge in [-0.25, -0.2) is 9.78 Å². The van der Waals surface area contributed by atoms with Crippen molar-refractivity contribution in [3.63, 3.8) is 0 Å². The Morgan fingerprint density at radius 1 is 1.00 bits per heavy atom. The molecule has 5 rings (SSSR count). The average molecular weight is 544 g/mol. The molecule has 39 heavy (non-hydrogen) atoms. The molecule has 4 aromatic rings. The van der Waals surface area contributed by atoms with Crippen LogP contribution in [0.1, 0.15) is 17.5 Å². The van der Waals surface area contributed by atoms with Gasteiger partial charge < -0.3 is 20.6 Å². The van der Waals surface area contributed by atoms with E-state index in [9.17, 15) is 19.5 Å². The minimum Gasteiger partial charge on any atom is -0.383 e. The Morgan fingerprint density at radius 2 is 1.74 bits per heavy atom. The Bertz CT molecular complexity index is 1570. The van der Waals surface area contributed by atoms with Crippen molar-refractivity contribution in [2.45, 2.75) is 25.0 Å². The molecular weight excluding hydrogens is 518 g/mol. The quantitative estimate of drug-likeness (QED) is 0.346. The highest BCUT2D eigenvalue weighted by molar-refractivity contribution is 6.30. The number of anilines is 2. The number of hydrogen-bond donors (Lipinski definition) is 3. The summed E-state index contributed by atoms with van der Waals surface area (Å²) in [6.07, 6.45) is 3.09. The zero-order valence-electron chi connectivity index (χ0n) is 21.0. The molecule has 0 spiro atoms. The molecule has 2 aromatic heterocycles. The highest BCUT2D eigenvalue weighted by atomic mass is 35.5. The molecule has 0 unspecified atom stereocenters. The first-order chi connectivity index (χ1) is 18.7. The van der Waals surface area contributed by atoms with Crippen molar-refractivity contribution < 1.29 is 14.7 Å². The molecule has 0 bridgehead atoms. The largest absolute Gasteiger partial charge is 0.383 e. The molecule has 1 fully saturated rings. The minimum absolute atomic E-state index is 0.00474. The number of rotatable bonds is 5. The highest BCUT2D eigenvalue weighted by Gasteiger charge is 2.49. The number of β-amino-alcohol motifs (C(OH)–C–C–N with tert-alkyl or cyclic N) is 1. The van der Waals surface area contributed by atoms with E-state index in [0.29, 0.717) is 22.0 Å². The maximum absolute atomic E-state index is 13.5.